The van der Waals surface area contributed by atoms with E-state index in [1.807, 2.05) is 30.3 Å². The van der Waals surface area contributed by atoms with Gasteiger partial charge in [0.15, 0.2) is 0 Å². The van der Waals surface area contributed by atoms with Gasteiger partial charge in [0.1, 0.15) is 5.82 Å². The fraction of sp³-hybridized carbons (Fsp3) is 0.393. The Kier molecular flexibility index (Phi) is 6.45. The smallest absolute Gasteiger partial charge is 0.382 e. The lowest BCUT2D eigenvalue weighted by atomic mass is 9.76. The van der Waals surface area contributed by atoms with Gasteiger partial charge in [-0.3, -0.25) is 0 Å². The molecule has 1 aromatic heterocycles. The summed E-state index contributed by atoms with van der Waals surface area (Å²) < 4.78 is 41.1. The second-order valence-corrected chi connectivity index (χ2v) is 9.88. The summed E-state index contributed by atoms with van der Waals surface area (Å²) >= 11 is 0. The van der Waals surface area contributed by atoms with Crippen LogP contribution in [-0.4, -0.2) is 48.3 Å². The minimum Gasteiger partial charge on any atom is -0.382 e. The van der Waals surface area contributed by atoms with Crippen LogP contribution in [0.5, 0.6) is 0 Å². The topological polar surface area (TPSA) is 40.2 Å². The minimum absolute atomic E-state index is 0.108. The largest absolute Gasteiger partial charge is 0.417 e. The SMILES string of the molecule is C=C(c1nc(NC2CC(c3ccccc3)C2)cc2c(NC3CCN(C)CC3)cccc12)C(F)(F)F. The predicted molar refractivity (Wildman–Crippen MR) is 137 cm³/mol. The van der Waals surface area contributed by atoms with Gasteiger partial charge >= 0.3 is 6.18 Å². The first-order valence-corrected chi connectivity index (χ1v) is 12.2. The highest BCUT2D eigenvalue weighted by molar-refractivity contribution is 6.01. The standard InChI is InChI=1S/C28H31F3N4/c1-18(28(29,30)31)27-23-9-6-10-25(32-21-11-13-35(2)14-12-21)24(23)17-26(34-27)33-22-15-20(16-22)19-7-4-3-5-8-19/h3-10,17,20-22,32H,1,11-16H2,2H3,(H,33,34). The highest BCUT2D eigenvalue weighted by Crippen LogP contribution is 2.41. The van der Waals surface area contributed by atoms with Crippen LogP contribution in [0, 0.1) is 0 Å². The number of hydrogen-bond donors (Lipinski definition) is 2. The number of allylic oxidation sites excluding steroid dienone is 1. The quantitative estimate of drug-likeness (QED) is 0.413. The highest BCUT2D eigenvalue weighted by Gasteiger charge is 2.36. The van der Waals surface area contributed by atoms with E-state index < -0.39 is 11.7 Å². The summed E-state index contributed by atoms with van der Waals surface area (Å²) in [4.78, 5) is 6.71. The number of pyridine rings is 1. The number of nitrogens with zero attached hydrogens (tertiary/aromatic N) is 2. The molecule has 3 aromatic rings. The summed E-state index contributed by atoms with van der Waals surface area (Å²) in [6, 6.07) is 18.1. The number of aromatic nitrogens is 1. The molecule has 0 atom stereocenters. The van der Waals surface area contributed by atoms with Gasteiger partial charge in [-0.15, -0.1) is 0 Å². The second kappa shape index (κ2) is 9.53. The maximum atomic E-state index is 13.7. The van der Waals surface area contributed by atoms with Crippen LogP contribution in [0.25, 0.3) is 16.3 Å². The van der Waals surface area contributed by atoms with Crippen LogP contribution in [0.1, 0.15) is 42.9 Å². The molecular formula is C28H31F3N4. The number of halogens is 3. The van der Waals surface area contributed by atoms with Crippen molar-refractivity contribution in [2.24, 2.45) is 0 Å². The lowest BCUT2D eigenvalue weighted by Crippen LogP contribution is -2.36. The van der Waals surface area contributed by atoms with Gasteiger partial charge in [0.2, 0.25) is 0 Å². The van der Waals surface area contributed by atoms with E-state index in [1.165, 1.54) is 5.56 Å². The van der Waals surface area contributed by atoms with Crippen LogP contribution in [0.2, 0.25) is 0 Å². The Morgan fingerprint density at radius 1 is 0.943 bits per heavy atom. The van der Waals surface area contributed by atoms with Gasteiger partial charge in [0.05, 0.1) is 11.3 Å². The molecule has 4 nitrogen and oxygen atoms in total. The van der Waals surface area contributed by atoms with E-state index in [1.54, 1.807) is 12.1 Å². The number of benzene rings is 2. The molecule has 2 aromatic carbocycles. The van der Waals surface area contributed by atoms with Gasteiger partial charge in [-0.25, -0.2) is 4.98 Å². The second-order valence-electron chi connectivity index (χ2n) is 9.88. The highest BCUT2D eigenvalue weighted by atomic mass is 19.4. The molecule has 1 saturated carbocycles. The third-order valence-corrected chi connectivity index (χ3v) is 7.34. The van der Waals surface area contributed by atoms with Crippen molar-refractivity contribution in [2.45, 2.75) is 49.9 Å². The molecule has 2 aliphatic rings. The summed E-state index contributed by atoms with van der Waals surface area (Å²) in [5.41, 5.74) is 1.11. The first kappa shape index (κ1) is 23.7. The molecule has 0 amide bonds. The number of nitrogens with one attached hydrogen (secondary N) is 2. The van der Waals surface area contributed by atoms with Crippen molar-refractivity contribution >= 4 is 27.9 Å². The fourth-order valence-corrected chi connectivity index (χ4v) is 5.16. The zero-order valence-corrected chi connectivity index (χ0v) is 19.9. The number of fused-ring (bicyclic) bond motifs is 1. The molecule has 0 spiro atoms. The van der Waals surface area contributed by atoms with E-state index in [4.69, 9.17) is 0 Å². The van der Waals surface area contributed by atoms with Crippen LogP contribution in [0.3, 0.4) is 0 Å². The third-order valence-electron chi connectivity index (χ3n) is 7.34. The third kappa shape index (κ3) is 5.15. The van der Waals surface area contributed by atoms with E-state index in [-0.39, 0.29) is 17.8 Å². The van der Waals surface area contributed by atoms with Gasteiger partial charge in [0.25, 0.3) is 0 Å². The van der Waals surface area contributed by atoms with Crippen LogP contribution >= 0.6 is 0 Å². The van der Waals surface area contributed by atoms with Crippen molar-refractivity contribution in [1.29, 1.82) is 0 Å². The van der Waals surface area contributed by atoms with Gasteiger partial charge in [-0.2, -0.15) is 13.2 Å². The van der Waals surface area contributed by atoms with Gasteiger partial charge in [0, 0.05) is 28.5 Å². The van der Waals surface area contributed by atoms with Crippen molar-refractivity contribution in [3.05, 3.63) is 72.4 Å². The monoisotopic (exact) mass is 480 g/mol. The summed E-state index contributed by atoms with van der Waals surface area (Å²) in [6.07, 6.45) is -0.712. The van der Waals surface area contributed by atoms with Gasteiger partial charge < -0.3 is 15.5 Å². The molecule has 7 heteroatoms. The molecule has 184 valence electrons. The van der Waals surface area contributed by atoms with E-state index >= 15 is 0 Å². The summed E-state index contributed by atoms with van der Waals surface area (Å²) in [5.74, 6) is 0.924. The normalized spacial score (nSPS) is 21.5. The number of hydrogen-bond acceptors (Lipinski definition) is 4. The Labute approximate surface area is 204 Å². The number of alkyl halides is 3. The van der Waals surface area contributed by atoms with Gasteiger partial charge in [-0.05, 0) is 69.4 Å². The van der Waals surface area contributed by atoms with Crippen molar-refractivity contribution in [3.8, 4) is 0 Å². The Bertz CT molecular complexity index is 1190. The van der Waals surface area contributed by atoms with Crippen LogP contribution in [0.4, 0.5) is 24.7 Å². The molecule has 2 heterocycles. The maximum Gasteiger partial charge on any atom is 0.417 e. The Morgan fingerprint density at radius 2 is 1.66 bits per heavy atom. The fourth-order valence-electron chi connectivity index (χ4n) is 5.16. The number of piperidine rings is 1. The van der Waals surface area contributed by atoms with Crippen molar-refractivity contribution in [3.63, 3.8) is 0 Å². The summed E-state index contributed by atoms with van der Waals surface area (Å²) in [5, 5.41) is 8.20. The van der Waals surface area contributed by atoms with Crippen LogP contribution in [0.15, 0.2) is 61.2 Å². The molecule has 1 saturated heterocycles. The molecule has 0 radical (unpaired) electrons. The van der Waals surface area contributed by atoms with E-state index in [2.05, 4.69) is 46.3 Å². The molecule has 2 fully saturated rings. The molecule has 1 aliphatic carbocycles. The molecule has 0 bridgehead atoms. The molecule has 1 aliphatic heterocycles. The predicted octanol–water partition coefficient (Wildman–Crippen LogP) is 6.67. The van der Waals surface area contributed by atoms with Gasteiger partial charge in [-0.1, -0.05) is 49.0 Å². The Hall–Kier alpha value is -3.06. The Balaban J connectivity index is 1.44. The number of anilines is 2. The lowest BCUT2D eigenvalue weighted by molar-refractivity contribution is -0.0688. The molecule has 2 N–H and O–H groups in total. The molecule has 5 rings (SSSR count). The maximum absolute atomic E-state index is 13.7. The van der Waals surface area contributed by atoms with Crippen molar-refractivity contribution in [2.75, 3.05) is 30.8 Å². The number of rotatable bonds is 6. The summed E-state index contributed by atoms with van der Waals surface area (Å²) in [7, 11) is 2.11. The first-order valence-electron chi connectivity index (χ1n) is 12.2. The zero-order valence-electron chi connectivity index (χ0n) is 19.9. The van der Waals surface area contributed by atoms with Crippen molar-refractivity contribution < 1.29 is 13.2 Å². The van der Waals surface area contributed by atoms with E-state index in [0.29, 0.717) is 17.1 Å². The Morgan fingerprint density at radius 3 is 2.34 bits per heavy atom. The zero-order chi connectivity index (χ0) is 24.6. The minimum atomic E-state index is -4.55. The van der Waals surface area contributed by atoms with Crippen molar-refractivity contribution in [1.82, 2.24) is 9.88 Å². The first-order chi connectivity index (χ1) is 16.8. The molecule has 35 heavy (non-hydrogen) atoms. The molecule has 0 unspecified atom stereocenters. The van der Waals surface area contributed by atoms with E-state index in [0.717, 1.165) is 49.8 Å². The van der Waals surface area contributed by atoms with E-state index in [9.17, 15) is 13.2 Å². The molecular weight excluding hydrogens is 449 g/mol. The average Bonchev–Trinajstić information content (AvgIpc) is 2.82. The summed E-state index contributed by atoms with van der Waals surface area (Å²) in [6.45, 7) is 5.36. The van der Waals surface area contributed by atoms with Crippen LogP contribution < -0.4 is 10.6 Å². The van der Waals surface area contributed by atoms with Crippen LogP contribution in [-0.2, 0) is 0 Å². The number of likely N-dealkylation sites (tertiary alicyclic amines) is 1. The average molecular weight is 481 g/mol. The lowest BCUT2D eigenvalue weighted by Gasteiger charge is -2.36.